The summed E-state index contributed by atoms with van der Waals surface area (Å²) in [6, 6.07) is 5.42. The van der Waals surface area contributed by atoms with E-state index in [0.717, 1.165) is 25.1 Å². The van der Waals surface area contributed by atoms with Gasteiger partial charge in [-0.25, -0.2) is 0 Å². The highest BCUT2D eigenvalue weighted by atomic mass is 35.5. The highest BCUT2D eigenvalue weighted by Crippen LogP contribution is 2.21. The number of aryl methyl sites for hydroxylation is 1. The Morgan fingerprint density at radius 1 is 1.52 bits per heavy atom. The first-order valence-corrected chi connectivity index (χ1v) is 8.35. The molecule has 6 heteroatoms. The molecule has 1 aliphatic rings. The van der Waals surface area contributed by atoms with Crippen LogP contribution in [0.5, 0.6) is 5.75 Å². The highest BCUT2D eigenvalue weighted by Gasteiger charge is 2.16. The van der Waals surface area contributed by atoms with E-state index in [9.17, 15) is 4.79 Å². The molecule has 1 amide bonds. The number of carbonyl (C=O) groups is 1. The number of hydrogen-bond acceptors (Lipinski definition) is 3. The zero-order valence-electron chi connectivity index (χ0n) is 13.7. The second kappa shape index (κ2) is 10.0. The van der Waals surface area contributed by atoms with Crippen molar-refractivity contribution >= 4 is 29.9 Å². The Hall–Kier alpha value is -0.970. The molecular formula is C17H26Cl2N2O2. The minimum atomic E-state index is -0.509. The van der Waals surface area contributed by atoms with Crippen molar-refractivity contribution in [3.8, 4) is 5.75 Å². The van der Waals surface area contributed by atoms with Gasteiger partial charge in [0.1, 0.15) is 5.75 Å². The lowest BCUT2D eigenvalue weighted by Gasteiger charge is -2.23. The van der Waals surface area contributed by atoms with Crippen LogP contribution in [0.15, 0.2) is 18.2 Å². The van der Waals surface area contributed by atoms with Gasteiger partial charge in [0, 0.05) is 11.6 Å². The van der Waals surface area contributed by atoms with Crippen LogP contribution in [-0.4, -0.2) is 31.6 Å². The molecule has 2 atom stereocenters. The van der Waals surface area contributed by atoms with Gasteiger partial charge in [0.15, 0.2) is 6.10 Å². The smallest absolute Gasteiger partial charge is 0.260 e. The molecule has 1 heterocycles. The third-order valence-electron chi connectivity index (χ3n) is 4.06. The van der Waals surface area contributed by atoms with Crippen LogP contribution < -0.4 is 15.4 Å². The summed E-state index contributed by atoms with van der Waals surface area (Å²) < 4.78 is 5.67. The van der Waals surface area contributed by atoms with E-state index in [4.69, 9.17) is 16.3 Å². The standard InChI is InChI=1S/C17H25ClN2O2.ClH/c1-12-10-15(5-6-16(12)18)22-13(2)17(21)20-9-7-14-4-3-8-19-11-14;/h5-6,10,13-14,19H,3-4,7-9,11H2,1-2H3,(H,20,21);1H. The van der Waals surface area contributed by atoms with Crippen molar-refractivity contribution in [2.45, 2.75) is 39.2 Å². The monoisotopic (exact) mass is 360 g/mol. The molecule has 0 aliphatic carbocycles. The molecule has 0 spiro atoms. The second-order valence-corrected chi connectivity index (χ2v) is 6.37. The molecule has 2 unspecified atom stereocenters. The number of benzene rings is 1. The Labute approximate surface area is 149 Å². The maximum atomic E-state index is 12.1. The highest BCUT2D eigenvalue weighted by molar-refractivity contribution is 6.31. The molecule has 1 fully saturated rings. The minimum absolute atomic E-state index is 0. The number of amides is 1. The predicted octanol–water partition coefficient (Wildman–Crippen LogP) is 3.34. The number of hydrogen-bond donors (Lipinski definition) is 2. The van der Waals surface area contributed by atoms with E-state index in [1.165, 1.54) is 12.8 Å². The summed E-state index contributed by atoms with van der Waals surface area (Å²) in [5, 5.41) is 7.05. The van der Waals surface area contributed by atoms with Gasteiger partial charge in [-0.2, -0.15) is 0 Å². The minimum Gasteiger partial charge on any atom is -0.481 e. The third kappa shape index (κ3) is 6.58. The molecule has 1 saturated heterocycles. The maximum Gasteiger partial charge on any atom is 0.260 e. The van der Waals surface area contributed by atoms with Gasteiger partial charge in [-0.1, -0.05) is 11.6 Å². The molecule has 23 heavy (non-hydrogen) atoms. The molecule has 1 aromatic carbocycles. The SMILES string of the molecule is Cc1cc(OC(C)C(=O)NCCC2CCCNC2)ccc1Cl.Cl. The fourth-order valence-corrected chi connectivity index (χ4v) is 2.78. The van der Waals surface area contributed by atoms with Crippen LogP contribution in [0.2, 0.25) is 5.02 Å². The first-order chi connectivity index (χ1) is 10.6. The summed E-state index contributed by atoms with van der Waals surface area (Å²) in [6.45, 7) is 6.57. The van der Waals surface area contributed by atoms with Gasteiger partial charge < -0.3 is 15.4 Å². The normalized spacial score (nSPS) is 18.7. The van der Waals surface area contributed by atoms with Gasteiger partial charge in [-0.15, -0.1) is 12.4 Å². The van der Waals surface area contributed by atoms with Gasteiger partial charge in [0.25, 0.3) is 5.91 Å². The number of rotatable bonds is 6. The quantitative estimate of drug-likeness (QED) is 0.817. The van der Waals surface area contributed by atoms with Crippen LogP contribution >= 0.6 is 24.0 Å². The first-order valence-electron chi connectivity index (χ1n) is 7.97. The Kier molecular flexibility index (Phi) is 8.74. The molecule has 4 nitrogen and oxygen atoms in total. The van der Waals surface area contributed by atoms with Crippen molar-refractivity contribution in [2.24, 2.45) is 5.92 Å². The average molecular weight is 361 g/mol. The summed E-state index contributed by atoms with van der Waals surface area (Å²) in [5.74, 6) is 1.27. The Balaban J connectivity index is 0.00000264. The van der Waals surface area contributed by atoms with Crippen LogP contribution in [-0.2, 0) is 4.79 Å². The van der Waals surface area contributed by atoms with Crippen LogP contribution in [0, 0.1) is 12.8 Å². The van der Waals surface area contributed by atoms with Gasteiger partial charge in [-0.05, 0) is 75.9 Å². The topological polar surface area (TPSA) is 50.4 Å². The summed E-state index contributed by atoms with van der Waals surface area (Å²) >= 11 is 5.98. The van der Waals surface area contributed by atoms with E-state index in [2.05, 4.69) is 10.6 Å². The van der Waals surface area contributed by atoms with Crippen molar-refractivity contribution in [1.29, 1.82) is 0 Å². The van der Waals surface area contributed by atoms with Crippen LogP contribution in [0.25, 0.3) is 0 Å². The zero-order valence-corrected chi connectivity index (χ0v) is 15.3. The van der Waals surface area contributed by atoms with Gasteiger partial charge in [0.05, 0.1) is 0 Å². The van der Waals surface area contributed by atoms with Gasteiger partial charge >= 0.3 is 0 Å². The fourth-order valence-electron chi connectivity index (χ4n) is 2.66. The number of nitrogens with one attached hydrogen (secondary N) is 2. The lowest BCUT2D eigenvalue weighted by molar-refractivity contribution is -0.127. The van der Waals surface area contributed by atoms with Crippen LogP contribution in [0.1, 0.15) is 31.7 Å². The molecule has 0 bridgehead atoms. The van der Waals surface area contributed by atoms with Crippen molar-refractivity contribution < 1.29 is 9.53 Å². The Morgan fingerprint density at radius 3 is 2.96 bits per heavy atom. The Bertz CT molecular complexity index is 505. The van der Waals surface area contributed by atoms with E-state index < -0.39 is 6.10 Å². The average Bonchev–Trinajstić information content (AvgIpc) is 2.52. The summed E-state index contributed by atoms with van der Waals surface area (Å²) in [5.41, 5.74) is 0.941. The largest absolute Gasteiger partial charge is 0.481 e. The van der Waals surface area contributed by atoms with Crippen molar-refractivity contribution in [2.75, 3.05) is 19.6 Å². The number of carbonyl (C=O) groups excluding carboxylic acids is 1. The molecule has 1 aromatic rings. The maximum absolute atomic E-state index is 12.1. The number of halogens is 2. The van der Waals surface area contributed by atoms with Crippen LogP contribution in [0.4, 0.5) is 0 Å². The molecule has 130 valence electrons. The summed E-state index contributed by atoms with van der Waals surface area (Å²) in [6.07, 6.45) is 2.99. The summed E-state index contributed by atoms with van der Waals surface area (Å²) in [7, 11) is 0. The van der Waals surface area contributed by atoms with Crippen molar-refractivity contribution in [3.63, 3.8) is 0 Å². The lowest BCUT2D eigenvalue weighted by Crippen LogP contribution is -2.38. The predicted molar refractivity (Wildman–Crippen MR) is 96.7 cm³/mol. The van der Waals surface area contributed by atoms with Crippen molar-refractivity contribution in [1.82, 2.24) is 10.6 Å². The number of ether oxygens (including phenoxy) is 1. The molecule has 2 rings (SSSR count). The Morgan fingerprint density at radius 2 is 2.30 bits per heavy atom. The molecule has 0 saturated carbocycles. The molecule has 0 aromatic heterocycles. The third-order valence-corrected chi connectivity index (χ3v) is 4.49. The molecule has 0 radical (unpaired) electrons. The van der Waals surface area contributed by atoms with Crippen LogP contribution in [0.3, 0.4) is 0 Å². The molecule has 2 N–H and O–H groups in total. The van der Waals surface area contributed by atoms with Gasteiger partial charge in [0.2, 0.25) is 0 Å². The van der Waals surface area contributed by atoms with E-state index in [1.54, 1.807) is 19.1 Å². The van der Waals surface area contributed by atoms with E-state index in [1.807, 2.05) is 13.0 Å². The van der Waals surface area contributed by atoms with E-state index >= 15 is 0 Å². The lowest BCUT2D eigenvalue weighted by atomic mass is 9.96. The zero-order chi connectivity index (χ0) is 15.9. The first kappa shape index (κ1) is 20.1. The van der Waals surface area contributed by atoms with E-state index in [-0.39, 0.29) is 18.3 Å². The molecule has 1 aliphatic heterocycles. The van der Waals surface area contributed by atoms with Gasteiger partial charge in [-0.3, -0.25) is 4.79 Å². The van der Waals surface area contributed by atoms with E-state index in [0.29, 0.717) is 23.2 Å². The fraction of sp³-hybridized carbons (Fsp3) is 0.588. The number of piperidine rings is 1. The van der Waals surface area contributed by atoms with Crippen molar-refractivity contribution in [3.05, 3.63) is 28.8 Å². The second-order valence-electron chi connectivity index (χ2n) is 5.96. The molecular weight excluding hydrogens is 335 g/mol. The summed E-state index contributed by atoms with van der Waals surface area (Å²) in [4.78, 5) is 12.1.